The van der Waals surface area contributed by atoms with Crippen molar-refractivity contribution in [2.24, 2.45) is 0 Å². The number of allylic oxidation sites excluding steroid dienone is 1. The third kappa shape index (κ3) is 5.78. The fourth-order valence-corrected chi connectivity index (χ4v) is 6.58. The normalized spacial score (nSPS) is 22.8. The van der Waals surface area contributed by atoms with Crippen LogP contribution in [0.3, 0.4) is 0 Å². The molecule has 228 valence electrons. The minimum atomic E-state index is -1.28. The summed E-state index contributed by atoms with van der Waals surface area (Å²) >= 11 is 5.97. The molecule has 8 nitrogen and oxygen atoms in total. The molecular weight excluding hydrogens is 573 g/mol. The quantitative estimate of drug-likeness (QED) is 0.268. The smallest absolute Gasteiger partial charge is 0.331 e. The van der Waals surface area contributed by atoms with Crippen molar-refractivity contribution in [2.45, 2.75) is 77.4 Å². The second kappa shape index (κ2) is 11.9. The molecule has 0 radical (unpaired) electrons. The second-order valence-corrected chi connectivity index (χ2v) is 12.1. The fraction of sp³-hybridized carbons (Fsp3) is 0.455. The third-order valence-electron chi connectivity index (χ3n) is 8.98. The number of piperidine rings is 1. The van der Waals surface area contributed by atoms with Gasteiger partial charge in [-0.15, -0.1) is 0 Å². The van der Waals surface area contributed by atoms with Gasteiger partial charge in [0.25, 0.3) is 5.79 Å². The molecule has 10 heteroatoms. The van der Waals surface area contributed by atoms with Gasteiger partial charge < -0.3 is 23.9 Å². The van der Waals surface area contributed by atoms with Crippen molar-refractivity contribution >= 4 is 23.1 Å². The summed E-state index contributed by atoms with van der Waals surface area (Å²) in [4.78, 5) is 19.0. The van der Waals surface area contributed by atoms with Gasteiger partial charge in [-0.25, -0.2) is 14.2 Å². The van der Waals surface area contributed by atoms with Crippen LogP contribution in [0.2, 0.25) is 5.02 Å². The van der Waals surface area contributed by atoms with Gasteiger partial charge in [0, 0.05) is 29.7 Å². The lowest BCUT2D eigenvalue weighted by atomic mass is 9.88. The van der Waals surface area contributed by atoms with Gasteiger partial charge >= 0.3 is 5.97 Å². The highest BCUT2D eigenvalue weighted by molar-refractivity contribution is 6.30. The number of carboxylic acid groups (broad SMARTS) is 1. The van der Waals surface area contributed by atoms with E-state index in [0.29, 0.717) is 47.2 Å². The predicted octanol–water partition coefficient (Wildman–Crippen LogP) is 6.76. The second-order valence-electron chi connectivity index (χ2n) is 11.7. The standard InChI is InChI=1S/C33H37ClFN3O5/c1-4-24(20(2)32(39)40)28-17-36-30(38(28)18-23-12-15-41-23)19-37-13-10-21(11-14-37)25-6-5-7-29-31(25)43-33(3,42-29)26-9-8-22(34)16-27(26)35/h5-9,16-17,21,23H,4,10-15,18-19H2,1-3H3,(H,39,40)/b24-20+. The summed E-state index contributed by atoms with van der Waals surface area (Å²) in [6.07, 6.45) is 5.37. The summed E-state index contributed by atoms with van der Waals surface area (Å²) in [6.45, 7) is 9.19. The Kier molecular flexibility index (Phi) is 8.24. The Hall–Kier alpha value is -3.40. The van der Waals surface area contributed by atoms with E-state index < -0.39 is 17.6 Å². The number of hydrogen-bond acceptors (Lipinski definition) is 6. The number of benzene rings is 2. The topological polar surface area (TPSA) is 86.0 Å². The van der Waals surface area contributed by atoms with Crippen molar-refractivity contribution in [1.29, 1.82) is 0 Å². The number of carbonyl (C=O) groups is 1. The Morgan fingerprint density at radius 3 is 2.60 bits per heavy atom. The van der Waals surface area contributed by atoms with E-state index in [9.17, 15) is 14.3 Å². The lowest BCUT2D eigenvalue weighted by Crippen LogP contribution is -2.36. The molecule has 43 heavy (non-hydrogen) atoms. The molecule has 0 amide bonds. The van der Waals surface area contributed by atoms with Crippen LogP contribution < -0.4 is 9.47 Å². The van der Waals surface area contributed by atoms with Crippen LogP contribution in [0.25, 0.3) is 5.57 Å². The van der Waals surface area contributed by atoms with Crippen molar-refractivity contribution in [3.05, 3.63) is 81.7 Å². The van der Waals surface area contributed by atoms with Gasteiger partial charge in [0.2, 0.25) is 0 Å². The first kappa shape index (κ1) is 29.7. The summed E-state index contributed by atoms with van der Waals surface area (Å²) in [5.41, 5.74) is 3.38. The zero-order valence-corrected chi connectivity index (χ0v) is 25.5. The van der Waals surface area contributed by atoms with Gasteiger partial charge in [-0.05, 0) is 81.5 Å². The van der Waals surface area contributed by atoms with Crippen LogP contribution in [-0.2, 0) is 28.4 Å². The largest absolute Gasteiger partial charge is 0.478 e. The molecule has 2 aromatic carbocycles. The van der Waals surface area contributed by atoms with Crippen molar-refractivity contribution < 1.29 is 28.5 Å². The molecule has 1 N–H and O–H groups in total. The van der Waals surface area contributed by atoms with Gasteiger partial charge in [0.1, 0.15) is 11.6 Å². The van der Waals surface area contributed by atoms with Crippen LogP contribution in [0.4, 0.5) is 4.39 Å². The average molecular weight is 610 g/mol. The summed E-state index contributed by atoms with van der Waals surface area (Å²) < 4.78 is 35.2. The average Bonchev–Trinajstić information content (AvgIpc) is 3.51. The Morgan fingerprint density at radius 1 is 1.19 bits per heavy atom. The molecule has 0 saturated carbocycles. The highest BCUT2D eigenvalue weighted by Gasteiger charge is 2.43. The lowest BCUT2D eigenvalue weighted by Gasteiger charge is -2.33. The molecule has 2 saturated heterocycles. The fourth-order valence-electron chi connectivity index (χ4n) is 6.42. The number of hydrogen-bond donors (Lipinski definition) is 1. The monoisotopic (exact) mass is 609 g/mol. The van der Waals surface area contributed by atoms with Gasteiger partial charge in [0.05, 0.1) is 36.6 Å². The Balaban J connectivity index is 1.17. The maximum atomic E-state index is 14.8. The van der Waals surface area contributed by atoms with Crippen LogP contribution in [-0.4, -0.2) is 51.3 Å². The minimum Gasteiger partial charge on any atom is -0.478 e. The number of fused-ring (bicyclic) bond motifs is 1. The van der Waals surface area contributed by atoms with E-state index in [4.69, 9.17) is 30.8 Å². The maximum Gasteiger partial charge on any atom is 0.331 e. The van der Waals surface area contributed by atoms with Crippen molar-refractivity contribution in [3.63, 3.8) is 0 Å². The number of likely N-dealkylation sites (tertiary alicyclic amines) is 1. The van der Waals surface area contributed by atoms with E-state index in [1.54, 1.807) is 26.0 Å². The van der Waals surface area contributed by atoms with E-state index in [1.165, 1.54) is 6.07 Å². The SMILES string of the molecule is CC/C(=C(/C)C(=O)O)c1cnc(CN2CCC(c3cccc4c3OC(C)(c3ccc(Cl)cc3F)O4)CC2)n1CC1CCO1. The van der Waals surface area contributed by atoms with E-state index in [-0.39, 0.29) is 12.0 Å². The highest BCUT2D eigenvalue weighted by Crippen LogP contribution is 2.50. The predicted molar refractivity (Wildman–Crippen MR) is 161 cm³/mol. The van der Waals surface area contributed by atoms with E-state index in [1.807, 2.05) is 25.3 Å². The first-order valence-electron chi connectivity index (χ1n) is 14.9. The van der Waals surface area contributed by atoms with Crippen molar-refractivity contribution in [3.8, 4) is 11.5 Å². The zero-order valence-electron chi connectivity index (χ0n) is 24.7. The maximum absolute atomic E-state index is 14.8. The molecule has 0 bridgehead atoms. The molecule has 2 atom stereocenters. The van der Waals surface area contributed by atoms with Gasteiger partial charge in [0.15, 0.2) is 11.5 Å². The molecule has 0 spiro atoms. The number of nitrogens with zero attached hydrogens (tertiary/aromatic N) is 3. The van der Waals surface area contributed by atoms with E-state index in [2.05, 4.69) is 15.5 Å². The van der Waals surface area contributed by atoms with Crippen LogP contribution in [0.15, 0.2) is 48.2 Å². The third-order valence-corrected chi connectivity index (χ3v) is 9.21. The van der Waals surface area contributed by atoms with Crippen molar-refractivity contribution in [2.75, 3.05) is 19.7 Å². The number of aromatic nitrogens is 2. The molecule has 0 aliphatic carbocycles. The number of aliphatic carboxylic acids is 1. The van der Waals surface area contributed by atoms with Crippen LogP contribution >= 0.6 is 11.6 Å². The molecule has 6 rings (SSSR count). The van der Waals surface area contributed by atoms with E-state index in [0.717, 1.165) is 61.6 Å². The van der Waals surface area contributed by atoms with Crippen LogP contribution in [0.1, 0.15) is 75.0 Å². The van der Waals surface area contributed by atoms with Crippen LogP contribution in [0, 0.1) is 5.82 Å². The number of halogens is 2. The molecule has 1 aromatic heterocycles. The van der Waals surface area contributed by atoms with Gasteiger partial charge in [-0.1, -0.05) is 30.7 Å². The molecule has 4 heterocycles. The highest BCUT2D eigenvalue weighted by atomic mass is 35.5. The first-order chi connectivity index (χ1) is 20.7. The number of rotatable bonds is 9. The van der Waals surface area contributed by atoms with Crippen molar-refractivity contribution in [1.82, 2.24) is 14.5 Å². The minimum absolute atomic E-state index is 0.120. The Labute approximate surface area is 256 Å². The number of carboxylic acids is 1. The molecule has 2 unspecified atom stereocenters. The summed E-state index contributed by atoms with van der Waals surface area (Å²) in [5.74, 6) is -0.189. The summed E-state index contributed by atoms with van der Waals surface area (Å²) in [6, 6.07) is 10.4. The number of imidazole rings is 1. The van der Waals surface area contributed by atoms with Crippen LogP contribution in [0.5, 0.6) is 11.5 Å². The zero-order chi connectivity index (χ0) is 30.3. The summed E-state index contributed by atoms with van der Waals surface area (Å²) in [7, 11) is 0. The molecular formula is C33H37ClFN3O5. The molecule has 3 aliphatic rings. The first-order valence-corrected chi connectivity index (χ1v) is 15.3. The van der Waals surface area contributed by atoms with Gasteiger partial charge in [-0.3, -0.25) is 4.90 Å². The van der Waals surface area contributed by atoms with Gasteiger partial charge in [-0.2, -0.15) is 0 Å². The molecule has 3 aliphatic heterocycles. The number of ether oxygens (including phenoxy) is 3. The Morgan fingerprint density at radius 2 is 1.95 bits per heavy atom. The molecule has 3 aromatic rings. The number of para-hydroxylation sites is 1. The Bertz CT molecular complexity index is 1560. The summed E-state index contributed by atoms with van der Waals surface area (Å²) in [5, 5.41) is 9.99. The lowest BCUT2D eigenvalue weighted by molar-refractivity contribution is -0.132. The van der Waals surface area contributed by atoms with E-state index >= 15 is 0 Å². The molecule has 2 fully saturated rings.